The van der Waals surface area contributed by atoms with Gasteiger partial charge in [0.1, 0.15) is 11.5 Å². The third kappa shape index (κ3) is 3.39. The highest BCUT2D eigenvalue weighted by atomic mass is 16.5. The van der Waals surface area contributed by atoms with E-state index in [1.54, 1.807) is 14.2 Å². The molecule has 106 valence electrons. The summed E-state index contributed by atoms with van der Waals surface area (Å²) in [5, 5.41) is 3.50. The fourth-order valence-corrected chi connectivity index (χ4v) is 2.58. The van der Waals surface area contributed by atoms with Crippen LogP contribution < -0.4 is 14.8 Å². The molecule has 4 nitrogen and oxygen atoms in total. The third-order valence-corrected chi connectivity index (χ3v) is 3.56. The predicted octanol–water partition coefficient (Wildman–Crippen LogP) is 2.53. The first-order valence-corrected chi connectivity index (χ1v) is 6.85. The van der Waals surface area contributed by atoms with Gasteiger partial charge in [-0.3, -0.25) is 0 Å². The van der Waals surface area contributed by atoms with Gasteiger partial charge in [0.05, 0.1) is 20.3 Å². The first-order valence-electron chi connectivity index (χ1n) is 6.85. The second kappa shape index (κ2) is 6.78. The van der Waals surface area contributed by atoms with Crippen molar-refractivity contribution in [3.63, 3.8) is 0 Å². The van der Waals surface area contributed by atoms with Crippen LogP contribution in [-0.2, 0) is 4.74 Å². The number of methoxy groups -OCH3 is 2. The zero-order valence-electron chi connectivity index (χ0n) is 11.9. The number of benzene rings is 1. The molecule has 1 N–H and O–H groups in total. The molecule has 1 aromatic carbocycles. The molecule has 1 aliphatic rings. The summed E-state index contributed by atoms with van der Waals surface area (Å²) >= 11 is 0. The molecule has 1 fully saturated rings. The molecule has 1 aliphatic heterocycles. The molecule has 0 aromatic heterocycles. The lowest BCUT2D eigenvalue weighted by Gasteiger charge is -2.31. The van der Waals surface area contributed by atoms with E-state index in [1.807, 2.05) is 18.2 Å². The summed E-state index contributed by atoms with van der Waals surface area (Å²) in [5.74, 6) is 1.70. The van der Waals surface area contributed by atoms with Crippen molar-refractivity contribution in [1.82, 2.24) is 5.32 Å². The van der Waals surface area contributed by atoms with Crippen molar-refractivity contribution in [3.8, 4) is 11.5 Å². The van der Waals surface area contributed by atoms with E-state index in [4.69, 9.17) is 14.2 Å². The van der Waals surface area contributed by atoms with Gasteiger partial charge in [-0.15, -0.1) is 0 Å². The van der Waals surface area contributed by atoms with Crippen LogP contribution in [0.1, 0.15) is 31.4 Å². The van der Waals surface area contributed by atoms with Crippen LogP contribution in [0.15, 0.2) is 18.2 Å². The largest absolute Gasteiger partial charge is 0.497 e. The van der Waals surface area contributed by atoms with Crippen molar-refractivity contribution < 1.29 is 14.2 Å². The standard InChI is InChI=1S/C15H23NO3/c1-4-16-11-7-8-19-15(9-11)13-10-12(17-2)5-6-14(13)18-3/h5-6,10-11,15-16H,4,7-9H2,1-3H3. The predicted molar refractivity (Wildman–Crippen MR) is 74.9 cm³/mol. The molecule has 0 amide bonds. The van der Waals surface area contributed by atoms with Gasteiger partial charge in [0.15, 0.2) is 0 Å². The van der Waals surface area contributed by atoms with E-state index in [1.165, 1.54) is 0 Å². The molecule has 1 heterocycles. The molecule has 19 heavy (non-hydrogen) atoms. The Kier molecular flexibility index (Phi) is 5.05. The lowest BCUT2D eigenvalue weighted by molar-refractivity contribution is -0.000723. The van der Waals surface area contributed by atoms with Crippen molar-refractivity contribution in [2.24, 2.45) is 0 Å². The minimum atomic E-state index is 0.0721. The molecule has 0 aliphatic carbocycles. The summed E-state index contributed by atoms with van der Waals surface area (Å²) in [7, 11) is 3.37. The van der Waals surface area contributed by atoms with Gasteiger partial charge in [-0.1, -0.05) is 6.92 Å². The van der Waals surface area contributed by atoms with E-state index in [0.29, 0.717) is 6.04 Å². The quantitative estimate of drug-likeness (QED) is 0.888. The average Bonchev–Trinajstić information content (AvgIpc) is 2.47. The molecule has 1 aromatic rings. The molecular weight excluding hydrogens is 242 g/mol. The Morgan fingerprint density at radius 3 is 2.84 bits per heavy atom. The third-order valence-electron chi connectivity index (χ3n) is 3.56. The maximum atomic E-state index is 5.91. The van der Waals surface area contributed by atoms with Crippen LogP contribution in [0.5, 0.6) is 11.5 Å². The van der Waals surface area contributed by atoms with Gasteiger partial charge >= 0.3 is 0 Å². The smallest absolute Gasteiger partial charge is 0.124 e. The second-order valence-corrected chi connectivity index (χ2v) is 4.75. The summed E-state index contributed by atoms with van der Waals surface area (Å²) in [6.45, 7) is 3.91. The van der Waals surface area contributed by atoms with Gasteiger partial charge in [0, 0.05) is 18.2 Å². The van der Waals surface area contributed by atoms with Crippen molar-refractivity contribution in [2.45, 2.75) is 31.9 Å². The number of hydrogen-bond acceptors (Lipinski definition) is 4. The van der Waals surface area contributed by atoms with Crippen molar-refractivity contribution in [1.29, 1.82) is 0 Å². The topological polar surface area (TPSA) is 39.7 Å². The van der Waals surface area contributed by atoms with E-state index in [0.717, 1.165) is 43.1 Å². The van der Waals surface area contributed by atoms with Crippen LogP contribution in [0.25, 0.3) is 0 Å². The molecule has 0 spiro atoms. The summed E-state index contributed by atoms with van der Waals surface area (Å²) in [6, 6.07) is 6.37. The molecule has 0 radical (unpaired) electrons. The lowest BCUT2D eigenvalue weighted by atomic mass is 9.96. The molecule has 1 saturated heterocycles. The zero-order chi connectivity index (χ0) is 13.7. The SMILES string of the molecule is CCNC1CCOC(c2cc(OC)ccc2OC)C1. The summed E-state index contributed by atoms with van der Waals surface area (Å²) in [4.78, 5) is 0. The number of rotatable bonds is 5. The van der Waals surface area contributed by atoms with Crippen LogP contribution in [0, 0.1) is 0 Å². The van der Waals surface area contributed by atoms with Crippen LogP contribution in [0.4, 0.5) is 0 Å². The first-order chi connectivity index (χ1) is 9.28. The maximum Gasteiger partial charge on any atom is 0.124 e. The highest BCUT2D eigenvalue weighted by Crippen LogP contribution is 2.36. The van der Waals surface area contributed by atoms with Gasteiger partial charge in [0.2, 0.25) is 0 Å². The minimum absolute atomic E-state index is 0.0721. The monoisotopic (exact) mass is 265 g/mol. The average molecular weight is 265 g/mol. The molecule has 2 unspecified atom stereocenters. The van der Waals surface area contributed by atoms with Gasteiger partial charge in [0.25, 0.3) is 0 Å². The Morgan fingerprint density at radius 1 is 1.32 bits per heavy atom. The number of nitrogens with one attached hydrogen (secondary N) is 1. The van der Waals surface area contributed by atoms with Crippen molar-refractivity contribution >= 4 is 0 Å². The van der Waals surface area contributed by atoms with E-state index < -0.39 is 0 Å². The van der Waals surface area contributed by atoms with Crippen LogP contribution in [-0.4, -0.2) is 33.4 Å². The van der Waals surface area contributed by atoms with Crippen LogP contribution >= 0.6 is 0 Å². The van der Waals surface area contributed by atoms with Crippen LogP contribution in [0.3, 0.4) is 0 Å². The molecule has 4 heteroatoms. The Morgan fingerprint density at radius 2 is 2.16 bits per heavy atom. The summed E-state index contributed by atoms with van der Waals surface area (Å²) < 4.78 is 16.6. The van der Waals surface area contributed by atoms with Gasteiger partial charge in [-0.25, -0.2) is 0 Å². The fourth-order valence-electron chi connectivity index (χ4n) is 2.58. The van der Waals surface area contributed by atoms with E-state index in [-0.39, 0.29) is 6.10 Å². The first kappa shape index (κ1) is 14.2. The Labute approximate surface area is 115 Å². The minimum Gasteiger partial charge on any atom is -0.497 e. The Balaban J connectivity index is 2.19. The lowest BCUT2D eigenvalue weighted by Crippen LogP contribution is -2.36. The molecule has 2 atom stereocenters. The molecule has 0 saturated carbocycles. The number of hydrogen-bond donors (Lipinski definition) is 1. The summed E-state index contributed by atoms with van der Waals surface area (Å²) in [6.07, 6.45) is 2.11. The van der Waals surface area contributed by atoms with Gasteiger partial charge in [-0.2, -0.15) is 0 Å². The highest BCUT2D eigenvalue weighted by molar-refractivity contribution is 5.42. The van der Waals surface area contributed by atoms with E-state index in [9.17, 15) is 0 Å². The van der Waals surface area contributed by atoms with Gasteiger partial charge in [-0.05, 0) is 37.6 Å². The summed E-state index contributed by atoms with van der Waals surface area (Å²) in [5.41, 5.74) is 1.07. The molecule has 2 rings (SSSR count). The van der Waals surface area contributed by atoms with E-state index in [2.05, 4.69) is 12.2 Å². The Bertz CT molecular complexity index is 406. The van der Waals surface area contributed by atoms with Crippen molar-refractivity contribution in [2.75, 3.05) is 27.4 Å². The molecular formula is C15H23NO3. The fraction of sp³-hybridized carbons (Fsp3) is 0.600. The second-order valence-electron chi connectivity index (χ2n) is 4.75. The zero-order valence-corrected chi connectivity index (χ0v) is 11.9. The van der Waals surface area contributed by atoms with Crippen molar-refractivity contribution in [3.05, 3.63) is 23.8 Å². The van der Waals surface area contributed by atoms with Gasteiger partial charge < -0.3 is 19.5 Å². The maximum absolute atomic E-state index is 5.91. The van der Waals surface area contributed by atoms with E-state index >= 15 is 0 Å². The number of ether oxygens (including phenoxy) is 3. The normalized spacial score (nSPS) is 23.1. The molecule has 0 bridgehead atoms. The Hall–Kier alpha value is -1.26. The van der Waals surface area contributed by atoms with Crippen LogP contribution in [0.2, 0.25) is 0 Å². The highest BCUT2D eigenvalue weighted by Gasteiger charge is 2.26.